The largest absolute Gasteiger partial charge is 0.309 e. The fourth-order valence-corrected chi connectivity index (χ4v) is 6.36. The maximum atomic E-state index is 4.42. The number of aryl methyl sites for hydroxylation is 4. The van der Waals surface area contributed by atoms with E-state index in [1.165, 1.54) is 66.3 Å². The van der Waals surface area contributed by atoms with E-state index >= 15 is 0 Å². The lowest BCUT2D eigenvalue weighted by molar-refractivity contribution is 1.18. The molecule has 0 saturated carbocycles. The summed E-state index contributed by atoms with van der Waals surface area (Å²) in [5.41, 5.74) is 15.9. The zero-order chi connectivity index (χ0) is 28.1. The third-order valence-corrected chi connectivity index (χ3v) is 7.99. The van der Waals surface area contributed by atoms with Gasteiger partial charge in [0.2, 0.25) is 0 Å². The summed E-state index contributed by atoms with van der Waals surface area (Å²) in [6, 6.07) is 40.3. The van der Waals surface area contributed by atoms with Crippen LogP contribution in [0.3, 0.4) is 0 Å². The molecule has 0 radical (unpaired) electrons. The Labute approximate surface area is 241 Å². The second kappa shape index (κ2) is 9.91. The van der Waals surface area contributed by atoms with Gasteiger partial charge in [0, 0.05) is 34.3 Å². The second-order valence-electron chi connectivity index (χ2n) is 11.3. The number of nitrogens with zero attached hydrogens (tertiary/aromatic N) is 2. The molecule has 7 aromatic rings. The number of benzene rings is 5. The van der Waals surface area contributed by atoms with E-state index in [0.717, 1.165) is 16.8 Å². The lowest BCUT2D eigenvalue weighted by Crippen LogP contribution is -1.97. The van der Waals surface area contributed by atoms with Gasteiger partial charge in [-0.05, 0) is 86.3 Å². The number of aromatic nitrogens is 2. The van der Waals surface area contributed by atoms with E-state index in [1.807, 2.05) is 18.5 Å². The van der Waals surface area contributed by atoms with Crippen LogP contribution >= 0.6 is 0 Å². The number of hydrogen-bond donors (Lipinski definition) is 0. The highest BCUT2D eigenvalue weighted by atomic mass is 15.0. The number of fused-ring (bicyclic) bond motifs is 3. The maximum absolute atomic E-state index is 4.42. The smallest absolute Gasteiger partial charge is 0.0541 e. The Balaban J connectivity index is 1.54. The molecule has 0 aliphatic carbocycles. The van der Waals surface area contributed by atoms with Gasteiger partial charge in [-0.2, -0.15) is 0 Å². The van der Waals surface area contributed by atoms with Gasteiger partial charge in [0.25, 0.3) is 0 Å². The summed E-state index contributed by atoms with van der Waals surface area (Å²) in [5, 5.41) is 2.51. The molecule has 0 fully saturated rings. The fourth-order valence-electron chi connectivity index (χ4n) is 6.36. The van der Waals surface area contributed by atoms with Gasteiger partial charge in [0.05, 0.1) is 16.7 Å². The third-order valence-electron chi connectivity index (χ3n) is 7.99. The maximum Gasteiger partial charge on any atom is 0.0541 e. The molecular weight excluding hydrogens is 496 g/mol. The molecule has 2 heteroatoms. The van der Waals surface area contributed by atoms with Crippen molar-refractivity contribution in [1.82, 2.24) is 9.55 Å². The molecule has 0 saturated heterocycles. The van der Waals surface area contributed by atoms with Crippen LogP contribution in [0.1, 0.15) is 22.3 Å². The minimum Gasteiger partial charge on any atom is -0.309 e. The molecule has 0 atom stereocenters. The van der Waals surface area contributed by atoms with Gasteiger partial charge in [-0.25, -0.2) is 0 Å². The average molecular weight is 529 g/mol. The zero-order valence-corrected chi connectivity index (χ0v) is 23.9. The van der Waals surface area contributed by atoms with Crippen LogP contribution in [-0.4, -0.2) is 9.55 Å². The summed E-state index contributed by atoms with van der Waals surface area (Å²) >= 11 is 0. The number of pyridine rings is 1. The topological polar surface area (TPSA) is 17.8 Å². The lowest BCUT2D eigenvalue weighted by atomic mass is 9.97. The van der Waals surface area contributed by atoms with Crippen molar-refractivity contribution in [3.8, 4) is 39.1 Å². The summed E-state index contributed by atoms with van der Waals surface area (Å²) in [7, 11) is 0. The first-order valence-corrected chi connectivity index (χ1v) is 14.2. The molecule has 2 nitrogen and oxygen atoms in total. The molecule has 2 aromatic heterocycles. The quantitative estimate of drug-likeness (QED) is 0.222. The molecule has 5 aromatic carbocycles. The first-order chi connectivity index (χ1) is 19.9. The first-order valence-electron chi connectivity index (χ1n) is 14.2. The van der Waals surface area contributed by atoms with Crippen molar-refractivity contribution in [2.24, 2.45) is 0 Å². The number of rotatable bonds is 4. The lowest BCUT2D eigenvalue weighted by Gasteiger charge is -2.14. The second-order valence-corrected chi connectivity index (χ2v) is 11.3. The molecule has 0 N–H and O–H groups in total. The monoisotopic (exact) mass is 528 g/mol. The van der Waals surface area contributed by atoms with E-state index < -0.39 is 0 Å². The molecule has 7 rings (SSSR count). The van der Waals surface area contributed by atoms with Gasteiger partial charge in [-0.15, -0.1) is 0 Å². The SMILES string of the molecule is Cc1cc(C)cc(-c2ccc3c(c2)c2cc(-c4cc(C)cc(C)c4)ccc2n3-c2ccccc2-c2cccnc2)c1. The van der Waals surface area contributed by atoms with Crippen LogP contribution in [0, 0.1) is 27.7 Å². The molecule has 0 unspecified atom stereocenters. The van der Waals surface area contributed by atoms with E-state index in [4.69, 9.17) is 0 Å². The van der Waals surface area contributed by atoms with E-state index in [1.54, 1.807) is 0 Å². The highest BCUT2D eigenvalue weighted by Crippen LogP contribution is 2.39. The summed E-state index contributed by atoms with van der Waals surface area (Å²) in [6.45, 7) is 8.69. The fraction of sp³-hybridized carbons (Fsp3) is 0.103. The van der Waals surface area contributed by atoms with Crippen LogP contribution in [0.25, 0.3) is 60.9 Å². The predicted molar refractivity (Wildman–Crippen MR) is 174 cm³/mol. The molecule has 198 valence electrons. The third kappa shape index (κ3) is 4.52. The summed E-state index contributed by atoms with van der Waals surface area (Å²) < 4.78 is 2.42. The Hall–Kier alpha value is -4.95. The van der Waals surface area contributed by atoms with E-state index in [9.17, 15) is 0 Å². The number of para-hydroxylation sites is 1. The minimum absolute atomic E-state index is 1.11. The van der Waals surface area contributed by atoms with Crippen molar-refractivity contribution in [2.75, 3.05) is 0 Å². The molecule has 41 heavy (non-hydrogen) atoms. The Bertz CT molecular complexity index is 1930. The molecule has 0 bridgehead atoms. The normalized spacial score (nSPS) is 11.4. The van der Waals surface area contributed by atoms with Gasteiger partial charge in [0.15, 0.2) is 0 Å². The van der Waals surface area contributed by atoms with Crippen molar-refractivity contribution >= 4 is 21.8 Å². The van der Waals surface area contributed by atoms with E-state index in [0.29, 0.717) is 0 Å². The number of hydrogen-bond acceptors (Lipinski definition) is 1. The van der Waals surface area contributed by atoms with Crippen LogP contribution in [0.15, 0.2) is 122 Å². The molecular formula is C39H32N2. The highest BCUT2D eigenvalue weighted by molar-refractivity contribution is 6.12. The van der Waals surface area contributed by atoms with Gasteiger partial charge in [0.1, 0.15) is 0 Å². The summed E-state index contributed by atoms with van der Waals surface area (Å²) in [6.07, 6.45) is 3.78. The highest BCUT2D eigenvalue weighted by Gasteiger charge is 2.17. The van der Waals surface area contributed by atoms with Gasteiger partial charge in [-0.3, -0.25) is 4.98 Å². The molecule has 2 heterocycles. The van der Waals surface area contributed by atoms with Gasteiger partial charge >= 0.3 is 0 Å². The zero-order valence-electron chi connectivity index (χ0n) is 23.9. The van der Waals surface area contributed by atoms with Crippen molar-refractivity contribution in [3.63, 3.8) is 0 Å². The summed E-state index contributed by atoms with van der Waals surface area (Å²) in [4.78, 5) is 4.42. The Morgan fingerprint density at radius 1 is 0.463 bits per heavy atom. The minimum atomic E-state index is 1.11. The van der Waals surface area contributed by atoms with Crippen LogP contribution in [0.5, 0.6) is 0 Å². The van der Waals surface area contributed by atoms with Crippen molar-refractivity contribution in [3.05, 3.63) is 144 Å². The molecule has 0 amide bonds. The van der Waals surface area contributed by atoms with Gasteiger partial charge in [-0.1, -0.05) is 95.1 Å². The average Bonchev–Trinajstić information content (AvgIpc) is 3.29. The Kier molecular flexibility index (Phi) is 6.05. The molecule has 0 aliphatic rings. The van der Waals surface area contributed by atoms with Crippen molar-refractivity contribution in [1.29, 1.82) is 0 Å². The standard InChI is InChI=1S/C39H32N2/c1-25-16-26(2)19-32(18-25)29-11-13-38-35(22-29)36-23-30(33-20-27(3)17-28(4)21-33)12-14-39(36)41(38)37-10-6-5-9-34(37)31-8-7-15-40-24-31/h5-24H,1-4H3. The Morgan fingerprint density at radius 2 is 1.00 bits per heavy atom. The van der Waals surface area contributed by atoms with Crippen molar-refractivity contribution in [2.45, 2.75) is 27.7 Å². The van der Waals surface area contributed by atoms with Gasteiger partial charge < -0.3 is 4.57 Å². The van der Waals surface area contributed by atoms with Crippen molar-refractivity contribution < 1.29 is 0 Å². The molecule has 0 aliphatic heterocycles. The van der Waals surface area contributed by atoms with Crippen LogP contribution in [0.2, 0.25) is 0 Å². The van der Waals surface area contributed by atoms with Crippen LogP contribution < -0.4 is 0 Å². The Morgan fingerprint density at radius 3 is 1.51 bits per heavy atom. The predicted octanol–water partition coefficient (Wildman–Crippen LogP) is 10.4. The van der Waals surface area contributed by atoms with Crippen LogP contribution in [0.4, 0.5) is 0 Å². The molecule has 0 spiro atoms. The van der Waals surface area contributed by atoms with E-state index in [2.05, 4.69) is 140 Å². The summed E-state index contributed by atoms with van der Waals surface area (Å²) in [5.74, 6) is 0. The van der Waals surface area contributed by atoms with Crippen LogP contribution in [-0.2, 0) is 0 Å². The van der Waals surface area contributed by atoms with E-state index in [-0.39, 0.29) is 0 Å². The first kappa shape index (κ1) is 25.0.